The zero-order valence-corrected chi connectivity index (χ0v) is 13.8. The van der Waals surface area contributed by atoms with Crippen molar-refractivity contribution < 1.29 is 9.21 Å². The Morgan fingerprint density at radius 1 is 1.43 bits per heavy atom. The van der Waals surface area contributed by atoms with Crippen LogP contribution in [0.5, 0.6) is 0 Å². The molecule has 0 aromatic carbocycles. The van der Waals surface area contributed by atoms with Crippen LogP contribution in [0.2, 0.25) is 0 Å². The molecule has 0 radical (unpaired) electrons. The summed E-state index contributed by atoms with van der Waals surface area (Å²) in [4.78, 5) is 14.7. The largest absolute Gasteiger partial charge is 0.468 e. The van der Waals surface area contributed by atoms with Crippen molar-refractivity contribution in [3.63, 3.8) is 0 Å². The number of rotatable bonds is 4. The predicted molar refractivity (Wildman–Crippen MR) is 88.1 cm³/mol. The van der Waals surface area contributed by atoms with Crippen LogP contribution in [0.3, 0.4) is 0 Å². The van der Waals surface area contributed by atoms with Crippen LogP contribution in [0.1, 0.15) is 43.2 Å². The van der Waals surface area contributed by atoms with Crippen LogP contribution in [-0.4, -0.2) is 33.7 Å². The number of aromatic nitrogens is 2. The molecule has 1 fully saturated rings. The van der Waals surface area contributed by atoms with E-state index in [0.29, 0.717) is 6.54 Å². The Hall–Kier alpha value is -2.08. The lowest BCUT2D eigenvalue weighted by Crippen LogP contribution is -2.36. The van der Waals surface area contributed by atoms with Gasteiger partial charge in [-0.1, -0.05) is 12.8 Å². The second-order valence-corrected chi connectivity index (χ2v) is 6.19. The first-order chi connectivity index (χ1) is 11.1. The molecule has 1 saturated heterocycles. The molecule has 0 aliphatic carbocycles. The van der Waals surface area contributed by atoms with Gasteiger partial charge in [0.25, 0.3) is 0 Å². The Morgan fingerprint density at radius 2 is 2.30 bits per heavy atom. The van der Waals surface area contributed by atoms with Crippen molar-refractivity contribution >= 4 is 11.7 Å². The molecule has 0 bridgehead atoms. The maximum Gasteiger partial charge on any atom is 0.239 e. The summed E-state index contributed by atoms with van der Waals surface area (Å²) in [6.07, 6.45) is 6.23. The molecule has 2 aromatic rings. The van der Waals surface area contributed by atoms with Crippen LogP contribution in [0, 0.1) is 6.92 Å². The number of likely N-dealkylation sites (tertiary alicyclic amines) is 1. The zero-order valence-electron chi connectivity index (χ0n) is 13.8. The molecular formula is C17H24N4O2. The molecule has 1 N–H and O–H groups in total. The van der Waals surface area contributed by atoms with E-state index in [1.165, 1.54) is 12.8 Å². The Balaban J connectivity index is 1.68. The van der Waals surface area contributed by atoms with E-state index in [9.17, 15) is 4.79 Å². The van der Waals surface area contributed by atoms with Crippen molar-refractivity contribution in [2.75, 3.05) is 18.4 Å². The van der Waals surface area contributed by atoms with E-state index in [2.05, 4.69) is 15.3 Å². The first-order valence-electron chi connectivity index (χ1n) is 8.21. The molecule has 1 atom stereocenters. The highest BCUT2D eigenvalue weighted by molar-refractivity contribution is 5.91. The van der Waals surface area contributed by atoms with Gasteiger partial charge in [-0.05, 0) is 38.4 Å². The molecular weight excluding hydrogens is 292 g/mol. The number of amides is 1. The van der Waals surface area contributed by atoms with Gasteiger partial charge in [0.15, 0.2) is 0 Å². The molecule has 1 aliphatic heterocycles. The molecule has 1 unspecified atom stereocenters. The van der Waals surface area contributed by atoms with Crippen LogP contribution >= 0.6 is 0 Å². The summed E-state index contributed by atoms with van der Waals surface area (Å²) < 4.78 is 7.29. The van der Waals surface area contributed by atoms with E-state index in [1.54, 1.807) is 10.9 Å². The van der Waals surface area contributed by atoms with Gasteiger partial charge in [0, 0.05) is 13.1 Å². The predicted octanol–water partition coefficient (Wildman–Crippen LogP) is 2.88. The fourth-order valence-electron chi connectivity index (χ4n) is 3.25. The summed E-state index contributed by atoms with van der Waals surface area (Å²) in [7, 11) is 1.83. The van der Waals surface area contributed by atoms with E-state index < -0.39 is 0 Å². The minimum Gasteiger partial charge on any atom is -0.468 e. The first kappa shape index (κ1) is 15.8. The van der Waals surface area contributed by atoms with Crippen LogP contribution in [0.4, 0.5) is 5.82 Å². The van der Waals surface area contributed by atoms with Crippen molar-refractivity contribution in [3.05, 3.63) is 35.9 Å². The molecule has 2 aromatic heterocycles. The van der Waals surface area contributed by atoms with E-state index in [0.717, 1.165) is 36.7 Å². The lowest BCUT2D eigenvalue weighted by Gasteiger charge is -2.27. The highest BCUT2D eigenvalue weighted by Gasteiger charge is 2.26. The van der Waals surface area contributed by atoms with Gasteiger partial charge in [-0.3, -0.25) is 14.4 Å². The van der Waals surface area contributed by atoms with Gasteiger partial charge in [0.2, 0.25) is 5.91 Å². The number of carbonyl (C=O) groups is 1. The van der Waals surface area contributed by atoms with Gasteiger partial charge >= 0.3 is 0 Å². The number of nitrogens with one attached hydrogen (secondary N) is 1. The summed E-state index contributed by atoms with van der Waals surface area (Å²) in [5, 5.41) is 7.21. The summed E-state index contributed by atoms with van der Waals surface area (Å²) in [6, 6.07) is 5.98. The number of carbonyl (C=O) groups excluding carboxylic acids is 1. The second-order valence-electron chi connectivity index (χ2n) is 6.19. The molecule has 1 amide bonds. The van der Waals surface area contributed by atoms with Crippen molar-refractivity contribution in [1.29, 1.82) is 0 Å². The third-order valence-electron chi connectivity index (χ3n) is 4.35. The number of nitrogens with zero attached hydrogens (tertiary/aromatic N) is 3. The van der Waals surface area contributed by atoms with Gasteiger partial charge in [-0.15, -0.1) is 0 Å². The van der Waals surface area contributed by atoms with Gasteiger partial charge in [-0.2, -0.15) is 5.10 Å². The molecule has 0 spiro atoms. The molecule has 6 nitrogen and oxygen atoms in total. The highest BCUT2D eigenvalue weighted by Crippen LogP contribution is 2.30. The smallest absolute Gasteiger partial charge is 0.239 e. The van der Waals surface area contributed by atoms with Gasteiger partial charge in [0.05, 0.1) is 24.5 Å². The third kappa shape index (κ3) is 3.82. The third-order valence-corrected chi connectivity index (χ3v) is 4.35. The average molecular weight is 316 g/mol. The monoisotopic (exact) mass is 316 g/mol. The molecule has 6 heteroatoms. The van der Waals surface area contributed by atoms with Crippen LogP contribution < -0.4 is 5.32 Å². The van der Waals surface area contributed by atoms with E-state index in [4.69, 9.17) is 4.42 Å². The van der Waals surface area contributed by atoms with Gasteiger partial charge in [-0.25, -0.2) is 0 Å². The Labute approximate surface area is 136 Å². The number of aryl methyl sites for hydroxylation is 2. The lowest BCUT2D eigenvalue weighted by molar-refractivity contribution is -0.118. The Morgan fingerprint density at radius 3 is 3.00 bits per heavy atom. The summed E-state index contributed by atoms with van der Waals surface area (Å²) >= 11 is 0. The molecule has 124 valence electrons. The molecule has 3 heterocycles. The summed E-state index contributed by atoms with van der Waals surface area (Å²) in [5.74, 6) is 1.68. The zero-order chi connectivity index (χ0) is 16.2. The first-order valence-corrected chi connectivity index (χ1v) is 8.21. The molecule has 1 aliphatic rings. The van der Waals surface area contributed by atoms with Crippen molar-refractivity contribution in [2.45, 2.75) is 38.6 Å². The quantitative estimate of drug-likeness (QED) is 0.942. The van der Waals surface area contributed by atoms with Crippen LogP contribution in [0.15, 0.2) is 28.9 Å². The fourth-order valence-corrected chi connectivity index (χ4v) is 3.25. The van der Waals surface area contributed by atoms with E-state index in [-0.39, 0.29) is 11.9 Å². The van der Waals surface area contributed by atoms with E-state index >= 15 is 0 Å². The lowest BCUT2D eigenvalue weighted by atomic mass is 10.1. The second kappa shape index (κ2) is 7.00. The van der Waals surface area contributed by atoms with Crippen LogP contribution in [-0.2, 0) is 11.8 Å². The minimum absolute atomic E-state index is 0.00791. The molecule has 0 saturated carbocycles. The number of furan rings is 1. The van der Waals surface area contributed by atoms with Gasteiger partial charge in [0.1, 0.15) is 11.6 Å². The Bertz CT molecular complexity index is 648. The highest BCUT2D eigenvalue weighted by atomic mass is 16.3. The minimum atomic E-state index is -0.00791. The van der Waals surface area contributed by atoms with Crippen molar-refractivity contribution in [1.82, 2.24) is 14.7 Å². The fraction of sp³-hybridized carbons (Fsp3) is 0.529. The maximum absolute atomic E-state index is 12.4. The summed E-state index contributed by atoms with van der Waals surface area (Å²) in [6.45, 7) is 3.20. The molecule has 3 rings (SSSR count). The maximum atomic E-state index is 12.4. The topological polar surface area (TPSA) is 63.3 Å². The van der Waals surface area contributed by atoms with Crippen molar-refractivity contribution in [2.24, 2.45) is 7.05 Å². The standard InChI is InChI=1S/C17H24N4O2/c1-13-11-16(20(2)19-13)18-17(22)12-21-9-5-3-4-7-14(21)15-8-6-10-23-15/h6,8,10-11,14H,3-5,7,9,12H2,1-2H3,(H,18,22). The van der Waals surface area contributed by atoms with Crippen molar-refractivity contribution in [3.8, 4) is 0 Å². The summed E-state index contributed by atoms with van der Waals surface area (Å²) in [5.41, 5.74) is 0.894. The van der Waals surface area contributed by atoms with E-state index in [1.807, 2.05) is 32.2 Å². The Kier molecular flexibility index (Phi) is 4.81. The van der Waals surface area contributed by atoms with Crippen LogP contribution in [0.25, 0.3) is 0 Å². The average Bonchev–Trinajstić information content (AvgIpc) is 3.06. The normalized spacial score (nSPS) is 19.5. The SMILES string of the molecule is Cc1cc(NC(=O)CN2CCCCCC2c2ccco2)n(C)n1. The number of hydrogen-bond acceptors (Lipinski definition) is 4. The number of hydrogen-bond donors (Lipinski definition) is 1. The van der Waals surface area contributed by atoms with Gasteiger partial charge < -0.3 is 9.73 Å². The number of anilines is 1. The molecule has 23 heavy (non-hydrogen) atoms.